The first kappa shape index (κ1) is 11.2. The molecule has 0 spiro atoms. The van der Waals surface area contributed by atoms with Crippen LogP contribution in [-0.4, -0.2) is 11.0 Å². The van der Waals surface area contributed by atoms with Crippen LogP contribution in [0.5, 0.6) is 5.75 Å². The molecule has 0 bridgehead atoms. The number of hydrazine groups is 1. The number of benzene rings is 2. The topological polar surface area (TPSA) is 66.6 Å². The van der Waals surface area contributed by atoms with Crippen molar-refractivity contribution in [2.75, 3.05) is 5.01 Å². The molecule has 0 unspecified atom stereocenters. The van der Waals surface area contributed by atoms with Gasteiger partial charge in [-0.25, -0.2) is 10.9 Å². The van der Waals surface area contributed by atoms with Gasteiger partial charge in [-0.2, -0.15) is 0 Å². The van der Waals surface area contributed by atoms with Gasteiger partial charge in [-0.1, -0.05) is 18.2 Å². The lowest BCUT2D eigenvalue weighted by Gasteiger charge is -2.16. The number of carbonyl (C=O) groups excluding carboxylic acids is 1. The highest BCUT2D eigenvalue weighted by Crippen LogP contribution is 2.17. The maximum absolute atomic E-state index is 12.0. The molecule has 1 amide bonds. The maximum atomic E-state index is 12.0. The van der Waals surface area contributed by atoms with Gasteiger partial charge in [0, 0.05) is 5.56 Å². The SMILES string of the molecule is NN(C(=O)c1ccccc1)c1ccc(O)cc1. The molecule has 0 fully saturated rings. The van der Waals surface area contributed by atoms with E-state index in [0.717, 1.165) is 5.01 Å². The Bertz CT molecular complexity index is 509. The molecule has 0 aliphatic heterocycles. The van der Waals surface area contributed by atoms with E-state index >= 15 is 0 Å². The lowest BCUT2D eigenvalue weighted by molar-refractivity contribution is 0.0987. The zero-order chi connectivity index (χ0) is 12.3. The Morgan fingerprint density at radius 1 is 1.00 bits per heavy atom. The van der Waals surface area contributed by atoms with E-state index in [-0.39, 0.29) is 11.7 Å². The molecule has 2 aromatic carbocycles. The van der Waals surface area contributed by atoms with Crippen molar-refractivity contribution in [2.24, 2.45) is 5.84 Å². The number of phenols is 1. The van der Waals surface area contributed by atoms with E-state index in [1.807, 2.05) is 6.07 Å². The Kier molecular flexibility index (Phi) is 3.07. The van der Waals surface area contributed by atoms with Crippen LogP contribution in [0.1, 0.15) is 10.4 Å². The molecule has 0 atom stereocenters. The number of hydrogen-bond donors (Lipinski definition) is 2. The summed E-state index contributed by atoms with van der Waals surface area (Å²) in [4.78, 5) is 12.0. The Morgan fingerprint density at radius 2 is 1.59 bits per heavy atom. The van der Waals surface area contributed by atoms with Crippen molar-refractivity contribution in [1.82, 2.24) is 0 Å². The standard InChI is InChI=1S/C13H12N2O2/c14-15(11-6-8-12(16)9-7-11)13(17)10-4-2-1-3-5-10/h1-9,16H,14H2. The zero-order valence-electron chi connectivity index (χ0n) is 9.08. The van der Waals surface area contributed by atoms with Gasteiger partial charge < -0.3 is 5.11 Å². The van der Waals surface area contributed by atoms with E-state index in [1.165, 1.54) is 12.1 Å². The predicted octanol–water partition coefficient (Wildman–Crippen LogP) is 1.91. The molecular formula is C13H12N2O2. The number of anilines is 1. The number of nitrogens with zero attached hydrogens (tertiary/aromatic N) is 1. The van der Waals surface area contributed by atoms with E-state index in [9.17, 15) is 4.79 Å². The Hall–Kier alpha value is -2.33. The van der Waals surface area contributed by atoms with Crippen molar-refractivity contribution in [3.63, 3.8) is 0 Å². The fraction of sp³-hybridized carbons (Fsp3) is 0. The summed E-state index contributed by atoms with van der Waals surface area (Å²) in [5.74, 6) is 5.56. The maximum Gasteiger partial charge on any atom is 0.272 e. The summed E-state index contributed by atoms with van der Waals surface area (Å²) in [6.07, 6.45) is 0. The minimum Gasteiger partial charge on any atom is -0.508 e. The van der Waals surface area contributed by atoms with Crippen LogP contribution < -0.4 is 10.9 Å². The van der Waals surface area contributed by atoms with Gasteiger partial charge in [-0.15, -0.1) is 0 Å². The second kappa shape index (κ2) is 4.67. The van der Waals surface area contributed by atoms with Gasteiger partial charge in [-0.3, -0.25) is 4.79 Å². The Morgan fingerprint density at radius 3 is 2.18 bits per heavy atom. The highest BCUT2D eigenvalue weighted by molar-refractivity contribution is 6.05. The summed E-state index contributed by atoms with van der Waals surface area (Å²) in [6, 6.07) is 14.9. The van der Waals surface area contributed by atoms with Gasteiger partial charge in [0.15, 0.2) is 0 Å². The predicted molar refractivity (Wildman–Crippen MR) is 65.5 cm³/mol. The minimum atomic E-state index is -0.295. The number of aromatic hydroxyl groups is 1. The fourth-order valence-corrected chi connectivity index (χ4v) is 1.45. The highest BCUT2D eigenvalue weighted by atomic mass is 16.3. The fourth-order valence-electron chi connectivity index (χ4n) is 1.45. The average Bonchev–Trinajstić information content (AvgIpc) is 2.39. The Labute approximate surface area is 98.9 Å². The largest absolute Gasteiger partial charge is 0.508 e. The normalized spacial score (nSPS) is 9.94. The first-order chi connectivity index (χ1) is 8.18. The van der Waals surface area contributed by atoms with Crippen LogP contribution in [0.15, 0.2) is 54.6 Å². The van der Waals surface area contributed by atoms with Crippen molar-refractivity contribution in [2.45, 2.75) is 0 Å². The van der Waals surface area contributed by atoms with Gasteiger partial charge in [-0.05, 0) is 36.4 Å². The van der Waals surface area contributed by atoms with Crippen LogP contribution in [0, 0.1) is 0 Å². The third-order valence-corrected chi connectivity index (χ3v) is 2.37. The zero-order valence-corrected chi connectivity index (χ0v) is 9.08. The van der Waals surface area contributed by atoms with Crippen molar-refractivity contribution < 1.29 is 9.90 Å². The van der Waals surface area contributed by atoms with E-state index in [0.29, 0.717) is 11.3 Å². The van der Waals surface area contributed by atoms with E-state index in [2.05, 4.69) is 0 Å². The van der Waals surface area contributed by atoms with Crippen LogP contribution >= 0.6 is 0 Å². The molecule has 0 radical (unpaired) electrons. The quantitative estimate of drug-likeness (QED) is 0.468. The molecule has 0 aromatic heterocycles. The number of nitrogens with two attached hydrogens (primary N) is 1. The van der Waals surface area contributed by atoms with Crippen molar-refractivity contribution >= 4 is 11.6 Å². The van der Waals surface area contributed by atoms with Crippen LogP contribution in [-0.2, 0) is 0 Å². The number of phenolic OH excluding ortho intramolecular Hbond substituents is 1. The van der Waals surface area contributed by atoms with Crippen molar-refractivity contribution in [3.8, 4) is 5.75 Å². The third-order valence-electron chi connectivity index (χ3n) is 2.37. The van der Waals surface area contributed by atoms with Crippen LogP contribution in [0.4, 0.5) is 5.69 Å². The molecule has 4 nitrogen and oxygen atoms in total. The summed E-state index contributed by atoms with van der Waals surface area (Å²) in [6.45, 7) is 0. The molecule has 4 heteroatoms. The minimum absolute atomic E-state index is 0.134. The van der Waals surface area contributed by atoms with Crippen molar-refractivity contribution in [1.29, 1.82) is 0 Å². The third kappa shape index (κ3) is 2.43. The molecule has 2 rings (SSSR count). The molecule has 0 aliphatic rings. The van der Waals surface area contributed by atoms with Crippen LogP contribution in [0.25, 0.3) is 0 Å². The number of amides is 1. The molecular weight excluding hydrogens is 216 g/mol. The van der Waals surface area contributed by atoms with E-state index in [4.69, 9.17) is 10.9 Å². The van der Waals surface area contributed by atoms with Gasteiger partial charge >= 0.3 is 0 Å². The summed E-state index contributed by atoms with van der Waals surface area (Å²) in [5, 5.41) is 10.2. The summed E-state index contributed by atoms with van der Waals surface area (Å²) < 4.78 is 0. The number of carbonyl (C=O) groups is 1. The van der Waals surface area contributed by atoms with E-state index < -0.39 is 0 Å². The molecule has 86 valence electrons. The van der Waals surface area contributed by atoms with Crippen LogP contribution in [0.2, 0.25) is 0 Å². The Balaban J connectivity index is 2.23. The van der Waals surface area contributed by atoms with E-state index in [1.54, 1.807) is 36.4 Å². The molecule has 0 aliphatic carbocycles. The van der Waals surface area contributed by atoms with Crippen molar-refractivity contribution in [3.05, 3.63) is 60.2 Å². The van der Waals surface area contributed by atoms with Crippen LogP contribution in [0.3, 0.4) is 0 Å². The highest BCUT2D eigenvalue weighted by Gasteiger charge is 2.13. The smallest absolute Gasteiger partial charge is 0.272 e. The number of hydrogen-bond acceptors (Lipinski definition) is 3. The summed E-state index contributed by atoms with van der Waals surface area (Å²) in [7, 11) is 0. The van der Waals surface area contributed by atoms with Gasteiger partial charge in [0.25, 0.3) is 5.91 Å². The lowest BCUT2D eigenvalue weighted by atomic mass is 10.2. The second-order valence-corrected chi connectivity index (χ2v) is 3.56. The van der Waals surface area contributed by atoms with Gasteiger partial charge in [0.05, 0.1) is 5.69 Å². The molecule has 17 heavy (non-hydrogen) atoms. The van der Waals surface area contributed by atoms with Gasteiger partial charge in [0.2, 0.25) is 0 Å². The molecule has 3 N–H and O–H groups in total. The lowest BCUT2D eigenvalue weighted by Crippen LogP contribution is -2.37. The average molecular weight is 228 g/mol. The van der Waals surface area contributed by atoms with Gasteiger partial charge in [0.1, 0.15) is 5.75 Å². The number of rotatable bonds is 2. The first-order valence-electron chi connectivity index (χ1n) is 5.12. The first-order valence-corrected chi connectivity index (χ1v) is 5.12. The molecule has 0 saturated carbocycles. The monoisotopic (exact) mass is 228 g/mol. The second-order valence-electron chi connectivity index (χ2n) is 3.56. The molecule has 0 saturated heterocycles. The summed E-state index contributed by atoms with van der Waals surface area (Å²) in [5.41, 5.74) is 1.04. The molecule has 0 heterocycles. The molecule has 2 aromatic rings. The summed E-state index contributed by atoms with van der Waals surface area (Å²) >= 11 is 0.